The van der Waals surface area contributed by atoms with E-state index in [0.717, 1.165) is 0 Å². The molecule has 0 spiro atoms. The molecule has 1 rings (SSSR count). The van der Waals surface area contributed by atoms with Crippen LogP contribution < -0.4 is 5.73 Å². The molecule has 0 aromatic rings. The lowest BCUT2D eigenvalue weighted by Crippen LogP contribution is -2.38. The first-order chi connectivity index (χ1) is 6.93. The largest absolute Gasteiger partial charge is 0.369 e. The van der Waals surface area contributed by atoms with E-state index in [2.05, 4.69) is 12.6 Å². The molecule has 4 nitrogen and oxygen atoms in total. The maximum atomic E-state index is 11.9. The molecule has 0 aliphatic carbocycles. The first kappa shape index (κ1) is 12.4. The SMILES string of the molecule is CC(C)C(S)C(=O)N1CCC(C(N)=O)C1. The van der Waals surface area contributed by atoms with Gasteiger partial charge in [-0.2, -0.15) is 12.6 Å². The van der Waals surface area contributed by atoms with Crippen LogP contribution in [0.3, 0.4) is 0 Å². The molecule has 1 aliphatic rings. The van der Waals surface area contributed by atoms with Crippen molar-refractivity contribution < 1.29 is 9.59 Å². The van der Waals surface area contributed by atoms with Crippen molar-refractivity contribution in [3.05, 3.63) is 0 Å². The lowest BCUT2D eigenvalue weighted by Gasteiger charge is -2.22. The summed E-state index contributed by atoms with van der Waals surface area (Å²) in [6.45, 7) is 4.99. The molecule has 2 unspecified atom stereocenters. The van der Waals surface area contributed by atoms with Crippen molar-refractivity contribution >= 4 is 24.4 Å². The summed E-state index contributed by atoms with van der Waals surface area (Å²) in [5.41, 5.74) is 5.20. The molecule has 2 atom stereocenters. The highest BCUT2D eigenvalue weighted by atomic mass is 32.1. The second-order valence-electron chi connectivity index (χ2n) is 4.36. The van der Waals surface area contributed by atoms with E-state index in [1.165, 1.54) is 0 Å². The third-order valence-electron chi connectivity index (χ3n) is 2.79. The summed E-state index contributed by atoms with van der Waals surface area (Å²) >= 11 is 4.27. The Morgan fingerprint density at radius 2 is 2.07 bits per heavy atom. The number of likely N-dealkylation sites (tertiary alicyclic amines) is 1. The minimum absolute atomic E-state index is 0.0112. The van der Waals surface area contributed by atoms with Gasteiger partial charge in [0.25, 0.3) is 0 Å². The third kappa shape index (κ3) is 2.87. The number of thiol groups is 1. The molecule has 2 amide bonds. The minimum Gasteiger partial charge on any atom is -0.369 e. The highest BCUT2D eigenvalue weighted by molar-refractivity contribution is 7.81. The molecule has 1 fully saturated rings. The topological polar surface area (TPSA) is 63.4 Å². The number of hydrogen-bond acceptors (Lipinski definition) is 3. The molecule has 86 valence electrons. The second kappa shape index (κ2) is 4.88. The summed E-state index contributed by atoms with van der Waals surface area (Å²) in [6, 6.07) is 0. The van der Waals surface area contributed by atoms with E-state index >= 15 is 0 Å². The molecule has 1 heterocycles. The maximum absolute atomic E-state index is 11.9. The predicted octanol–water partition coefficient (Wildman–Crippen LogP) is 0.275. The molecule has 15 heavy (non-hydrogen) atoms. The van der Waals surface area contributed by atoms with E-state index in [0.29, 0.717) is 19.5 Å². The Labute approximate surface area is 95.6 Å². The van der Waals surface area contributed by atoms with Gasteiger partial charge in [-0.1, -0.05) is 13.8 Å². The fourth-order valence-electron chi connectivity index (χ4n) is 1.66. The number of amides is 2. The number of nitrogens with zero attached hydrogens (tertiary/aromatic N) is 1. The van der Waals surface area contributed by atoms with Crippen LogP contribution in [0.5, 0.6) is 0 Å². The number of primary amides is 1. The van der Waals surface area contributed by atoms with E-state index in [1.54, 1.807) is 4.90 Å². The normalized spacial score (nSPS) is 23.2. The Hall–Kier alpha value is -0.710. The van der Waals surface area contributed by atoms with Gasteiger partial charge in [-0.15, -0.1) is 0 Å². The number of carbonyl (C=O) groups excluding carboxylic acids is 2. The van der Waals surface area contributed by atoms with Crippen LogP contribution in [0.4, 0.5) is 0 Å². The maximum Gasteiger partial charge on any atom is 0.235 e. The lowest BCUT2D eigenvalue weighted by molar-refractivity contribution is -0.130. The summed E-state index contributed by atoms with van der Waals surface area (Å²) in [4.78, 5) is 24.5. The van der Waals surface area contributed by atoms with Crippen molar-refractivity contribution in [2.45, 2.75) is 25.5 Å². The van der Waals surface area contributed by atoms with Gasteiger partial charge in [0.1, 0.15) is 0 Å². The first-order valence-corrected chi connectivity index (χ1v) is 5.71. The Balaban J connectivity index is 2.54. The van der Waals surface area contributed by atoms with Gasteiger partial charge >= 0.3 is 0 Å². The Kier molecular flexibility index (Phi) is 4.02. The van der Waals surface area contributed by atoms with Crippen LogP contribution in [0.2, 0.25) is 0 Å². The van der Waals surface area contributed by atoms with E-state index in [1.807, 2.05) is 13.8 Å². The summed E-state index contributed by atoms with van der Waals surface area (Å²) < 4.78 is 0. The number of nitrogens with two attached hydrogens (primary N) is 1. The molecular formula is C10H18N2O2S. The van der Waals surface area contributed by atoms with E-state index in [9.17, 15) is 9.59 Å². The van der Waals surface area contributed by atoms with Crippen molar-refractivity contribution in [2.24, 2.45) is 17.6 Å². The van der Waals surface area contributed by atoms with Gasteiger partial charge < -0.3 is 10.6 Å². The predicted molar refractivity (Wildman–Crippen MR) is 61.5 cm³/mol. The van der Waals surface area contributed by atoms with Gasteiger partial charge in [-0.25, -0.2) is 0 Å². The molecular weight excluding hydrogens is 212 g/mol. The highest BCUT2D eigenvalue weighted by Crippen LogP contribution is 2.20. The van der Waals surface area contributed by atoms with E-state index in [4.69, 9.17) is 5.73 Å². The summed E-state index contributed by atoms with van der Waals surface area (Å²) in [5, 5.41) is -0.281. The average Bonchev–Trinajstić information content (AvgIpc) is 2.64. The van der Waals surface area contributed by atoms with Gasteiger partial charge in [0.05, 0.1) is 11.2 Å². The zero-order valence-electron chi connectivity index (χ0n) is 9.14. The van der Waals surface area contributed by atoms with Crippen LogP contribution in [0, 0.1) is 11.8 Å². The van der Waals surface area contributed by atoms with Crippen molar-refractivity contribution in [1.29, 1.82) is 0 Å². The van der Waals surface area contributed by atoms with Crippen LogP contribution in [0.15, 0.2) is 0 Å². The zero-order chi connectivity index (χ0) is 11.6. The smallest absolute Gasteiger partial charge is 0.235 e. The Morgan fingerprint density at radius 3 is 2.47 bits per heavy atom. The number of rotatable bonds is 3. The quantitative estimate of drug-likeness (QED) is 0.684. The van der Waals surface area contributed by atoms with Crippen molar-refractivity contribution in [1.82, 2.24) is 4.90 Å². The Bertz CT molecular complexity index is 268. The standard InChI is InChI=1S/C10H18N2O2S/c1-6(2)8(15)10(14)12-4-3-7(5-12)9(11)13/h6-8,15H,3-5H2,1-2H3,(H2,11,13). The van der Waals surface area contributed by atoms with Crippen LogP contribution in [-0.4, -0.2) is 35.1 Å². The van der Waals surface area contributed by atoms with Crippen LogP contribution in [0.1, 0.15) is 20.3 Å². The van der Waals surface area contributed by atoms with Crippen molar-refractivity contribution in [3.63, 3.8) is 0 Å². The minimum atomic E-state index is -0.314. The summed E-state index contributed by atoms with van der Waals surface area (Å²) in [5.74, 6) is -0.280. The fourth-order valence-corrected chi connectivity index (χ4v) is 1.83. The number of hydrogen-bond donors (Lipinski definition) is 2. The van der Waals surface area contributed by atoms with Gasteiger partial charge in [0.15, 0.2) is 0 Å². The molecule has 2 N–H and O–H groups in total. The van der Waals surface area contributed by atoms with Crippen LogP contribution in [0.25, 0.3) is 0 Å². The van der Waals surface area contributed by atoms with Gasteiger partial charge in [-0.3, -0.25) is 9.59 Å². The van der Waals surface area contributed by atoms with Gasteiger partial charge in [-0.05, 0) is 12.3 Å². The molecule has 1 saturated heterocycles. The van der Waals surface area contributed by atoms with Crippen molar-refractivity contribution in [3.8, 4) is 0 Å². The van der Waals surface area contributed by atoms with Gasteiger partial charge in [0, 0.05) is 13.1 Å². The molecule has 5 heteroatoms. The monoisotopic (exact) mass is 230 g/mol. The summed E-state index contributed by atoms with van der Waals surface area (Å²) in [7, 11) is 0. The summed E-state index contributed by atoms with van der Waals surface area (Å²) in [6.07, 6.45) is 0.680. The first-order valence-electron chi connectivity index (χ1n) is 5.19. The molecule has 0 bridgehead atoms. The molecule has 0 aromatic carbocycles. The Morgan fingerprint density at radius 1 is 1.47 bits per heavy atom. The van der Waals surface area contributed by atoms with Crippen LogP contribution in [-0.2, 0) is 9.59 Å². The van der Waals surface area contributed by atoms with E-state index < -0.39 is 0 Å². The fraction of sp³-hybridized carbons (Fsp3) is 0.800. The second-order valence-corrected chi connectivity index (χ2v) is 4.92. The van der Waals surface area contributed by atoms with Crippen LogP contribution >= 0.6 is 12.6 Å². The van der Waals surface area contributed by atoms with Gasteiger partial charge in [0.2, 0.25) is 11.8 Å². The zero-order valence-corrected chi connectivity index (χ0v) is 10.0. The average molecular weight is 230 g/mol. The van der Waals surface area contributed by atoms with E-state index in [-0.39, 0.29) is 28.9 Å². The highest BCUT2D eigenvalue weighted by Gasteiger charge is 2.32. The molecule has 0 aromatic heterocycles. The molecule has 1 aliphatic heterocycles. The van der Waals surface area contributed by atoms with Crippen molar-refractivity contribution in [2.75, 3.05) is 13.1 Å². The lowest BCUT2D eigenvalue weighted by atomic mass is 10.1. The third-order valence-corrected chi connectivity index (χ3v) is 3.60. The molecule has 0 saturated carbocycles. The molecule has 0 radical (unpaired) electrons. The number of carbonyl (C=O) groups is 2.